The molecule has 0 bridgehead atoms. The summed E-state index contributed by atoms with van der Waals surface area (Å²) in [4.78, 5) is 9.22. The van der Waals surface area contributed by atoms with Gasteiger partial charge in [-0.3, -0.25) is 5.43 Å². The van der Waals surface area contributed by atoms with Crippen LogP contribution < -0.4 is 61.9 Å². The van der Waals surface area contributed by atoms with Crippen molar-refractivity contribution in [3.8, 4) is 0 Å². The molecule has 34 valence electrons. The van der Waals surface area contributed by atoms with Crippen LogP contribution in [0.4, 0.5) is 4.79 Å². The predicted molar refractivity (Wildman–Crippen MR) is 18.3 cm³/mol. The minimum Gasteiger partial charge on any atom is -0.529 e. The monoisotopic (exact) mass is 144 g/mol. The van der Waals surface area contributed by atoms with Gasteiger partial charge in [0.05, 0.1) is 12.4 Å². The van der Waals surface area contributed by atoms with Gasteiger partial charge in [0, 0.05) is 0 Å². The summed E-state index contributed by atoms with van der Waals surface area (Å²) in [6.07, 6.45) is -1.48. The molecular formula is CHKN2O2S. The third-order valence-electron chi connectivity index (χ3n) is 0.137. The molecule has 0 spiro atoms. The van der Waals surface area contributed by atoms with Crippen molar-refractivity contribution < 1.29 is 61.3 Å². The average Bonchev–Trinajstić information content (AvgIpc) is 1.35. The van der Waals surface area contributed by atoms with Crippen molar-refractivity contribution in [3.63, 3.8) is 0 Å². The maximum absolute atomic E-state index is 9.22. The Morgan fingerprint density at radius 2 is 2.29 bits per heavy atom. The van der Waals surface area contributed by atoms with Gasteiger partial charge in [0.25, 0.3) is 0 Å². The maximum atomic E-state index is 9.22. The first-order chi connectivity index (χ1) is 2.77. The van der Waals surface area contributed by atoms with Crippen LogP contribution in [0.25, 0.3) is 0 Å². The van der Waals surface area contributed by atoms with Crippen LogP contribution in [-0.4, -0.2) is 6.09 Å². The van der Waals surface area contributed by atoms with Gasteiger partial charge in [-0.1, -0.05) is 0 Å². The minimum absolute atomic E-state index is 0. The molecule has 0 aromatic carbocycles. The first-order valence-corrected chi connectivity index (χ1v) is 1.43. The van der Waals surface area contributed by atoms with E-state index in [9.17, 15) is 9.90 Å². The molecule has 0 aliphatic heterocycles. The summed E-state index contributed by atoms with van der Waals surface area (Å²) in [5.41, 5.74) is 1.45. The molecule has 0 saturated heterocycles. The zero-order valence-electron chi connectivity index (χ0n) is 3.67. The number of carbonyl (C=O) groups is 1. The van der Waals surface area contributed by atoms with Crippen molar-refractivity contribution in [3.05, 3.63) is 0 Å². The Labute approximate surface area is 88.2 Å². The van der Waals surface area contributed by atoms with Crippen molar-refractivity contribution in [2.24, 2.45) is 4.47 Å². The summed E-state index contributed by atoms with van der Waals surface area (Å²) in [7, 11) is 0. The summed E-state index contributed by atoms with van der Waals surface area (Å²) in [5, 5.41) is 9.22. The van der Waals surface area contributed by atoms with Crippen molar-refractivity contribution in [2.45, 2.75) is 0 Å². The van der Waals surface area contributed by atoms with Gasteiger partial charge in [0.1, 0.15) is 0 Å². The van der Waals surface area contributed by atoms with Gasteiger partial charge in [-0.05, 0) is 0 Å². The van der Waals surface area contributed by atoms with Crippen LogP contribution in [0.15, 0.2) is 4.47 Å². The van der Waals surface area contributed by atoms with E-state index in [1.54, 1.807) is 0 Å². The molecule has 0 rings (SSSR count). The van der Waals surface area contributed by atoms with Gasteiger partial charge in [-0.25, -0.2) is 0 Å². The third-order valence-corrected chi connectivity index (χ3v) is 0.228. The maximum Gasteiger partial charge on any atom is 1.00 e. The van der Waals surface area contributed by atoms with E-state index in [2.05, 4.69) is 16.9 Å². The Balaban J connectivity index is 0. The predicted octanol–water partition coefficient (Wildman–Crippen LogP) is -4.43. The first kappa shape index (κ1) is 10.8. The molecule has 1 N–H and O–H groups in total. The Morgan fingerprint density at radius 3 is 2.29 bits per heavy atom. The van der Waals surface area contributed by atoms with Crippen molar-refractivity contribution >= 4 is 18.5 Å². The Hall–Kier alpha value is 0.926. The molecule has 0 fully saturated rings. The number of hydrogen-bond acceptors (Lipinski definition) is 4. The molecule has 0 aromatic heterocycles. The van der Waals surface area contributed by atoms with Crippen LogP contribution in [0.2, 0.25) is 0 Å². The summed E-state index contributed by atoms with van der Waals surface area (Å²) < 4.78 is 2.61. The van der Waals surface area contributed by atoms with Crippen LogP contribution in [0.1, 0.15) is 0 Å². The van der Waals surface area contributed by atoms with Crippen molar-refractivity contribution in [1.82, 2.24) is 5.43 Å². The normalized spacial score (nSPS) is 5.71. The molecule has 0 unspecified atom stereocenters. The minimum atomic E-state index is -1.48. The van der Waals surface area contributed by atoms with E-state index in [4.69, 9.17) is 0 Å². The smallest absolute Gasteiger partial charge is 0.529 e. The summed E-state index contributed by atoms with van der Waals surface area (Å²) in [6, 6.07) is 0. The van der Waals surface area contributed by atoms with Gasteiger partial charge in [-0.15, -0.1) is 4.47 Å². The zero-order chi connectivity index (χ0) is 4.99. The Bertz CT molecular complexity index is 76.1. The molecule has 0 heterocycles. The van der Waals surface area contributed by atoms with Gasteiger partial charge in [0.2, 0.25) is 0 Å². The first-order valence-electron chi connectivity index (χ1n) is 1.06. The topological polar surface area (TPSA) is 64.5 Å². The number of nitrogens with zero attached hydrogens (tertiary/aromatic N) is 1. The zero-order valence-corrected chi connectivity index (χ0v) is 7.61. The summed E-state index contributed by atoms with van der Waals surface area (Å²) in [5.74, 6) is 0. The quantitative estimate of drug-likeness (QED) is 0.298. The molecule has 0 aliphatic rings. The molecule has 0 aliphatic carbocycles. The number of carbonyl (C=O) groups excluding carboxylic acids is 1. The van der Waals surface area contributed by atoms with E-state index in [-0.39, 0.29) is 51.4 Å². The molecule has 6 heteroatoms. The molecule has 1 amide bonds. The second kappa shape index (κ2) is 6.93. The fourth-order valence-corrected chi connectivity index (χ4v) is 0.112. The van der Waals surface area contributed by atoms with Gasteiger partial charge in [-0.2, -0.15) is 0 Å². The molecule has 0 atom stereocenters. The SMILES string of the molecule is O=C([O-])NN=S.[K+]. The van der Waals surface area contributed by atoms with E-state index < -0.39 is 6.09 Å². The second-order valence-electron chi connectivity index (χ2n) is 0.491. The Morgan fingerprint density at radius 1 is 1.86 bits per heavy atom. The molecular weight excluding hydrogens is 143 g/mol. The number of nitrogens with one attached hydrogen (secondary N) is 1. The van der Waals surface area contributed by atoms with Gasteiger partial charge < -0.3 is 9.90 Å². The van der Waals surface area contributed by atoms with E-state index >= 15 is 0 Å². The number of carboxylic acid groups (broad SMARTS) is 1. The largest absolute Gasteiger partial charge is 1.00 e. The summed E-state index contributed by atoms with van der Waals surface area (Å²) in [6.45, 7) is 0. The van der Waals surface area contributed by atoms with Crippen LogP contribution in [0, 0.1) is 0 Å². The fourth-order valence-electron chi connectivity index (χ4n) is 0.0373. The van der Waals surface area contributed by atoms with Crippen LogP contribution in [-0.2, 0) is 12.4 Å². The Kier molecular flexibility index (Phi) is 10.7. The van der Waals surface area contributed by atoms with E-state index in [1.165, 1.54) is 5.43 Å². The molecule has 0 saturated carbocycles. The molecule has 0 aromatic rings. The van der Waals surface area contributed by atoms with Crippen molar-refractivity contribution in [2.75, 3.05) is 0 Å². The van der Waals surface area contributed by atoms with Crippen LogP contribution in [0.5, 0.6) is 0 Å². The molecule has 4 nitrogen and oxygen atoms in total. The summed E-state index contributed by atoms with van der Waals surface area (Å²) >= 11 is 3.82. The van der Waals surface area contributed by atoms with Gasteiger partial charge >= 0.3 is 51.4 Å². The average molecular weight is 144 g/mol. The molecule has 7 heavy (non-hydrogen) atoms. The number of hydrogen-bond donors (Lipinski definition) is 1. The number of rotatable bonds is 1. The van der Waals surface area contributed by atoms with Crippen molar-refractivity contribution in [1.29, 1.82) is 0 Å². The molecule has 0 radical (unpaired) electrons. The van der Waals surface area contributed by atoms with Crippen LogP contribution >= 0.6 is 0 Å². The standard InChI is InChI=1S/CH2N2O2S.K/c4-1(5)2-3-6;/h(H,2,6)(H,4,5);/q;+1/p-1. The van der Waals surface area contributed by atoms with Crippen LogP contribution in [0.3, 0.4) is 0 Å². The van der Waals surface area contributed by atoms with E-state index in [1.807, 2.05) is 0 Å². The second-order valence-corrected chi connectivity index (χ2v) is 0.673. The van der Waals surface area contributed by atoms with E-state index in [0.29, 0.717) is 0 Å². The fraction of sp³-hybridized carbons (Fsp3) is 0. The third kappa shape index (κ3) is 10.9. The van der Waals surface area contributed by atoms with E-state index in [0.717, 1.165) is 0 Å². The number of amides is 1. The van der Waals surface area contributed by atoms with Gasteiger partial charge in [0.15, 0.2) is 6.09 Å².